The first-order valence-corrected chi connectivity index (χ1v) is 13.1. The molecule has 0 radical (unpaired) electrons. The van der Waals surface area contributed by atoms with Gasteiger partial charge in [0.05, 0.1) is 17.1 Å². The summed E-state index contributed by atoms with van der Waals surface area (Å²) < 4.78 is 29.6. The van der Waals surface area contributed by atoms with Crippen LogP contribution in [0.25, 0.3) is 11.1 Å². The largest absolute Gasteiger partial charge is 0.374 e. The molecule has 5 nitrogen and oxygen atoms in total. The second-order valence-corrected chi connectivity index (χ2v) is 11.5. The van der Waals surface area contributed by atoms with Crippen molar-refractivity contribution < 1.29 is 17.9 Å². The van der Waals surface area contributed by atoms with Gasteiger partial charge >= 0.3 is 0 Å². The molecule has 2 fully saturated rings. The molecule has 1 amide bonds. The van der Waals surface area contributed by atoms with Crippen LogP contribution < -0.4 is 5.32 Å². The molecule has 0 saturated carbocycles. The van der Waals surface area contributed by atoms with Crippen molar-refractivity contribution >= 4 is 15.7 Å². The van der Waals surface area contributed by atoms with Crippen molar-refractivity contribution in [1.29, 1.82) is 0 Å². The summed E-state index contributed by atoms with van der Waals surface area (Å²) >= 11 is 0. The first-order chi connectivity index (χ1) is 14.9. The molecule has 2 saturated heterocycles. The number of hydrogen-bond acceptors (Lipinski definition) is 4. The lowest BCUT2D eigenvalue weighted by molar-refractivity contribution is -0.124. The molecule has 2 aromatic rings. The number of carbonyl (C=O) groups excluding carboxylic acids is 1. The molecular formula is C25H29NO4S. The Morgan fingerprint density at radius 1 is 1.13 bits per heavy atom. The third-order valence-electron chi connectivity index (χ3n) is 6.94. The smallest absolute Gasteiger partial charge is 0.220 e. The molecule has 31 heavy (non-hydrogen) atoms. The quantitative estimate of drug-likeness (QED) is 0.661. The van der Waals surface area contributed by atoms with Gasteiger partial charge in [0.1, 0.15) is 0 Å². The average Bonchev–Trinajstić information content (AvgIpc) is 3.24. The van der Waals surface area contributed by atoms with Crippen molar-refractivity contribution in [1.82, 2.24) is 5.32 Å². The lowest BCUT2D eigenvalue weighted by Crippen LogP contribution is -2.49. The normalized spacial score (nSPS) is 25.9. The van der Waals surface area contributed by atoms with E-state index < -0.39 is 15.4 Å². The minimum atomic E-state index is -3.01. The Labute approximate surface area is 184 Å². The summed E-state index contributed by atoms with van der Waals surface area (Å²) in [4.78, 5) is 12.5. The molecular weight excluding hydrogens is 410 g/mol. The molecule has 5 rings (SSSR count). The fourth-order valence-electron chi connectivity index (χ4n) is 5.39. The third-order valence-corrected chi connectivity index (χ3v) is 8.73. The second kappa shape index (κ2) is 8.06. The number of hydrogen-bond donors (Lipinski definition) is 1. The second-order valence-electron chi connectivity index (χ2n) is 9.31. The summed E-state index contributed by atoms with van der Waals surface area (Å²) in [6.07, 6.45) is 5.05. The lowest BCUT2D eigenvalue weighted by atomic mass is 9.90. The van der Waals surface area contributed by atoms with E-state index in [1.165, 1.54) is 27.8 Å². The molecule has 2 atom stereocenters. The standard InChI is InChI=1S/C25H29NO4S/c27-24(26-21-10-12-30-25(16-21)11-13-31(28,29)17-25)7-3-4-18-8-9-20-15-19-5-1-2-6-22(19)23(20)14-18/h1-2,5-6,8-9,14,21H,3-4,7,10-13,15-17H2,(H,26,27)/t21-,25-/m1/s1. The Morgan fingerprint density at radius 2 is 1.97 bits per heavy atom. The maximum Gasteiger partial charge on any atom is 0.220 e. The Morgan fingerprint density at radius 3 is 2.81 bits per heavy atom. The van der Waals surface area contributed by atoms with Gasteiger partial charge in [-0.15, -0.1) is 0 Å². The minimum Gasteiger partial charge on any atom is -0.374 e. The molecule has 1 spiro atoms. The first kappa shape index (κ1) is 20.7. The van der Waals surface area contributed by atoms with E-state index in [1.807, 2.05) is 0 Å². The van der Waals surface area contributed by atoms with Gasteiger partial charge in [0, 0.05) is 19.1 Å². The van der Waals surface area contributed by atoms with Crippen LogP contribution in [0, 0.1) is 0 Å². The fraction of sp³-hybridized carbons (Fsp3) is 0.480. The number of carbonyl (C=O) groups is 1. The Hall–Kier alpha value is -2.18. The molecule has 2 aromatic carbocycles. The highest BCUT2D eigenvalue weighted by Crippen LogP contribution is 2.37. The maximum atomic E-state index is 12.5. The van der Waals surface area contributed by atoms with Gasteiger partial charge in [-0.1, -0.05) is 42.5 Å². The first-order valence-electron chi connectivity index (χ1n) is 11.3. The highest BCUT2D eigenvalue weighted by atomic mass is 32.2. The summed E-state index contributed by atoms with van der Waals surface area (Å²) in [5.74, 6) is 0.335. The van der Waals surface area contributed by atoms with Crippen LogP contribution in [0.5, 0.6) is 0 Å². The predicted molar refractivity (Wildman–Crippen MR) is 121 cm³/mol. The van der Waals surface area contributed by atoms with Gasteiger partial charge in [0.2, 0.25) is 5.91 Å². The number of aryl methyl sites for hydroxylation is 1. The van der Waals surface area contributed by atoms with Crippen molar-refractivity contribution in [3.05, 3.63) is 59.2 Å². The van der Waals surface area contributed by atoms with Crippen LogP contribution in [-0.4, -0.2) is 44.1 Å². The summed E-state index contributed by atoms with van der Waals surface area (Å²) in [6, 6.07) is 15.3. The Bertz CT molecular complexity index is 1110. The number of rotatable bonds is 5. The molecule has 1 N–H and O–H groups in total. The molecule has 0 bridgehead atoms. The molecule has 1 aliphatic carbocycles. The summed E-state index contributed by atoms with van der Waals surface area (Å²) in [7, 11) is -3.01. The van der Waals surface area contributed by atoms with Crippen molar-refractivity contribution in [3.63, 3.8) is 0 Å². The van der Waals surface area contributed by atoms with Gasteiger partial charge in [-0.3, -0.25) is 4.79 Å². The van der Waals surface area contributed by atoms with Gasteiger partial charge in [0.15, 0.2) is 9.84 Å². The van der Waals surface area contributed by atoms with E-state index >= 15 is 0 Å². The zero-order valence-electron chi connectivity index (χ0n) is 17.7. The van der Waals surface area contributed by atoms with Crippen LogP contribution in [0.3, 0.4) is 0 Å². The van der Waals surface area contributed by atoms with Crippen molar-refractivity contribution in [2.45, 2.75) is 56.6 Å². The van der Waals surface area contributed by atoms with Crippen LogP contribution in [0.2, 0.25) is 0 Å². The summed E-state index contributed by atoms with van der Waals surface area (Å²) in [5.41, 5.74) is 6.11. The zero-order chi connectivity index (χ0) is 21.5. The van der Waals surface area contributed by atoms with Gasteiger partial charge in [-0.25, -0.2) is 8.42 Å². The van der Waals surface area contributed by atoms with Crippen molar-refractivity contribution in [2.75, 3.05) is 18.1 Å². The number of nitrogens with one attached hydrogen (secondary N) is 1. The molecule has 0 unspecified atom stereocenters. The van der Waals surface area contributed by atoms with E-state index in [-0.39, 0.29) is 23.5 Å². The Balaban J connectivity index is 1.13. The number of benzene rings is 2. The van der Waals surface area contributed by atoms with Gasteiger partial charge in [0.25, 0.3) is 0 Å². The summed E-state index contributed by atoms with van der Waals surface area (Å²) in [5, 5.41) is 3.12. The van der Waals surface area contributed by atoms with Crippen molar-refractivity contribution in [2.24, 2.45) is 0 Å². The van der Waals surface area contributed by atoms with Gasteiger partial charge < -0.3 is 10.1 Å². The molecule has 2 heterocycles. The number of ether oxygens (including phenoxy) is 1. The maximum absolute atomic E-state index is 12.5. The van der Waals surface area contributed by atoms with Gasteiger partial charge in [-0.05, 0) is 66.3 Å². The minimum absolute atomic E-state index is 0.00560. The lowest BCUT2D eigenvalue weighted by Gasteiger charge is -2.37. The number of sulfone groups is 1. The van der Waals surface area contributed by atoms with Crippen LogP contribution in [0.1, 0.15) is 48.8 Å². The summed E-state index contributed by atoms with van der Waals surface area (Å²) in [6.45, 7) is 0.511. The van der Waals surface area contributed by atoms with E-state index in [0.717, 1.165) is 25.7 Å². The number of amides is 1. The fourth-order valence-corrected chi connectivity index (χ4v) is 7.37. The molecule has 2 aliphatic heterocycles. The molecule has 0 aromatic heterocycles. The SMILES string of the molecule is O=C(CCCc1ccc2c(c1)-c1ccccc1C2)N[C@@H]1CCO[C@]2(CCS(=O)(=O)C2)C1. The van der Waals surface area contributed by atoms with Crippen LogP contribution in [-0.2, 0) is 32.2 Å². The highest BCUT2D eigenvalue weighted by molar-refractivity contribution is 7.91. The average molecular weight is 440 g/mol. The molecule has 164 valence electrons. The van der Waals surface area contributed by atoms with E-state index in [9.17, 15) is 13.2 Å². The van der Waals surface area contributed by atoms with E-state index in [2.05, 4.69) is 47.8 Å². The van der Waals surface area contributed by atoms with E-state index in [1.54, 1.807) is 0 Å². The number of fused-ring (bicyclic) bond motifs is 3. The third kappa shape index (κ3) is 4.41. The van der Waals surface area contributed by atoms with Crippen LogP contribution >= 0.6 is 0 Å². The molecule has 6 heteroatoms. The Kier molecular flexibility index (Phi) is 5.39. The van der Waals surface area contributed by atoms with E-state index in [4.69, 9.17) is 4.74 Å². The van der Waals surface area contributed by atoms with Crippen LogP contribution in [0.15, 0.2) is 42.5 Å². The monoisotopic (exact) mass is 439 g/mol. The van der Waals surface area contributed by atoms with Crippen molar-refractivity contribution in [3.8, 4) is 11.1 Å². The zero-order valence-corrected chi connectivity index (χ0v) is 18.5. The van der Waals surface area contributed by atoms with Crippen LogP contribution in [0.4, 0.5) is 0 Å². The molecule has 3 aliphatic rings. The highest BCUT2D eigenvalue weighted by Gasteiger charge is 2.46. The topological polar surface area (TPSA) is 72.5 Å². The predicted octanol–water partition coefficient (Wildman–Crippen LogP) is 3.43. The van der Waals surface area contributed by atoms with Gasteiger partial charge in [-0.2, -0.15) is 0 Å². The van der Waals surface area contributed by atoms with E-state index in [0.29, 0.717) is 25.9 Å².